The molecule has 1 saturated heterocycles. The zero-order valence-corrected chi connectivity index (χ0v) is 14.3. The zero-order valence-electron chi connectivity index (χ0n) is 14.3. The van der Waals surface area contributed by atoms with Crippen LogP contribution in [0.4, 0.5) is 10.1 Å². The molecule has 0 spiro atoms. The average molecular weight is 343 g/mol. The number of nitrogens with zero attached hydrogens (tertiary/aromatic N) is 2. The Labute approximate surface area is 146 Å². The minimum Gasteiger partial charge on any atom is -0.435 e. The first-order valence-corrected chi connectivity index (χ1v) is 8.89. The predicted molar refractivity (Wildman–Crippen MR) is 92.3 cm³/mol. The van der Waals surface area contributed by atoms with Crippen molar-refractivity contribution in [1.82, 2.24) is 10.3 Å². The normalized spacial score (nSPS) is 20.6. The molecule has 1 atom stereocenters. The minimum absolute atomic E-state index is 0.0124. The van der Waals surface area contributed by atoms with Gasteiger partial charge in [0.1, 0.15) is 5.82 Å². The van der Waals surface area contributed by atoms with E-state index >= 15 is 0 Å². The van der Waals surface area contributed by atoms with Crippen LogP contribution in [0.5, 0.6) is 0 Å². The number of hydrogen-bond acceptors (Lipinski definition) is 4. The topological polar surface area (TPSA) is 58.4 Å². The van der Waals surface area contributed by atoms with Gasteiger partial charge in [-0.1, -0.05) is 6.07 Å². The number of rotatable bonds is 4. The van der Waals surface area contributed by atoms with Crippen LogP contribution in [0.3, 0.4) is 0 Å². The third-order valence-corrected chi connectivity index (χ3v) is 4.88. The molecule has 5 nitrogen and oxygen atoms in total. The van der Waals surface area contributed by atoms with Crippen molar-refractivity contribution in [3.8, 4) is 0 Å². The van der Waals surface area contributed by atoms with Gasteiger partial charge >= 0.3 is 0 Å². The monoisotopic (exact) mass is 343 g/mol. The van der Waals surface area contributed by atoms with Gasteiger partial charge in [0.2, 0.25) is 5.76 Å². The fourth-order valence-electron chi connectivity index (χ4n) is 3.39. The summed E-state index contributed by atoms with van der Waals surface area (Å²) in [5.41, 5.74) is 1.50. The van der Waals surface area contributed by atoms with Crippen molar-refractivity contribution in [2.75, 3.05) is 18.0 Å². The van der Waals surface area contributed by atoms with Gasteiger partial charge in [0.05, 0.1) is 5.69 Å². The van der Waals surface area contributed by atoms with E-state index < -0.39 is 0 Å². The van der Waals surface area contributed by atoms with Crippen LogP contribution < -0.4 is 10.2 Å². The molecule has 4 rings (SSSR count). The van der Waals surface area contributed by atoms with E-state index in [4.69, 9.17) is 4.42 Å². The lowest BCUT2D eigenvalue weighted by Gasteiger charge is -2.34. The van der Waals surface area contributed by atoms with Gasteiger partial charge in [0.25, 0.3) is 5.91 Å². The largest absolute Gasteiger partial charge is 0.435 e. The summed E-state index contributed by atoms with van der Waals surface area (Å²) >= 11 is 0. The van der Waals surface area contributed by atoms with E-state index in [-0.39, 0.29) is 17.8 Å². The van der Waals surface area contributed by atoms with Crippen LogP contribution in [0.25, 0.3) is 0 Å². The maximum Gasteiger partial charge on any atom is 0.289 e. The van der Waals surface area contributed by atoms with Gasteiger partial charge < -0.3 is 14.6 Å². The molecule has 2 aliphatic rings. The second-order valence-electron chi connectivity index (χ2n) is 6.98. The maximum atomic E-state index is 13.5. The van der Waals surface area contributed by atoms with Crippen molar-refractivity contribution in [1.29, 1.82) is 0 Å². The van der Waals surface area contributed by atoms with Crippen molar-refractivity contribution >= 4 is 11.6 Å². The highest BCUT2D eigenvalue weighted by Gasteiger charge is 2.31. The number of halogens is 1. The molecule has 1 amide bonds. The van der Waals surface area contributed by atoms with Gasteiger partial charge in [-0.25, -0.2) is 9.37 Å². The average Bonchev–Trinajstić information content (AvgIpc) is 3.37. The third-order valence-electron chi connectivity index (χ3n) is 4.88. The molecule has 1 N–H and O–H groups in total. The second-order valence-corrected chi connectivity index (χ2v) is 6.98. The molecule has 0 radical (unpaired) electrons. The molecule has 1 aliphatic heterocycles. The summed E-state index contributed by atoms with van der Waals surface area (Å²) in [4.78, 5) is 19.1. The van der Waals surface area contributed by atoms with Crippen molar-refractivity contribution < 1.29 is 13.6 Å². The molecule has 1 aromatic heterocycles. The summed E-state index contributed by atoms with van der Waals surface area (Å²) in [6, 6.07) is 6.60. The van der Waals surface area contributed by atoms with Gasteiger partial charge in [-0.2, -0.15) is 0 Å². The first kappa shape index (κ1) is 16.1. The molecule has 132 valence electrons. The summed E-state index contributed by atoms with van der Waals surface area (Å²) in [6.45, 7) is 3.34. The van der Waals surface area contributed by atoms with Crippen LogP contribution in [0.15, 0.2) is 28.7 Å². The summed E-state index contributed by atoms with van der Waals surface area (Å²) in [5.74, 6) is 0.951. The number of nitrogens with one attached hydrogen (secondary N) is 1. The summed E-state index contributed by atoms with van der Waals surface area (Å²) in [5, 5.41) is 3.05. The Morgan fingerprint density at radius 3 is 2.96 bits per heavy atom. The molecule has 2 heterocycles. The van der Waals surface area contributed by atoms with Crippen LogP contribution in [0.1, 0.15) is 53.7 Å². The molecular weight excluding hydrogens is 321 g/mol. The van der Waals surface area contributed by atoms with E-state index in [9.17, 15) is 9.18 Å². The summed E-state index contributed by atoms with van der Waals surface area (Å²) < 4.78 is 19.1. The molecule has 1 aromatic carbocycles. The summed E-state index contributed by atoms with van der Waals surface area (Å²) in [6.07, 6.45) is 4.03. The highest BCUT2D eigenvalue weighted by atomic mass is 19.1. The highest BCUT2D eigenvalue weighted by Crippen LogP contribution is 2.40. The number of piperidine rings is 1. The number of anilines is 1. The van der Waals surface area contributed by atoms with Gasteiger partial charge in [-0.3, -0.25) is 4.79 Å². The lowest BCUT2D eigenvalue weighted by molar-refractivity contribution is 0.0902. The Bertz CT molecular complexity index is 785. The quantitative estimate of drug-likeness (QED) is 0.924. The lowest BCUT2D eigenvalue weighted by Crippen LogP contribution is -2.47. The molecule has 0 unspecified atom stereocenters. The van der Waals surface area contributed by atoms with E-state index in [2.05, 4.69) is 15.2 Å². The Balaban J connectivity index is 1.42. The number of aromatic nitrogens is 1. The first-order valence-electron chi connectivity index (χ1n) is 8.89. The van der Waals surface area contributed by atoms with Crippen LogP contribution in [-0.4, -0.2) is 30.0 Å². The fraction of sp³-hybridized carbons (Fsp3) is 0.474. The van der Waals surface area contributed by atoms with Crippen LogP contribution in [0, 0.1) is 12.7 Å². The van der Waals surface area contributed by atoms with E-state index in [0.717, 1.165) is 37.9 Å². The van der Waals surface area contributed by atoms with Gasteiger partial charge in [0, 0.05) is 30.7 Å². The van der Waals surface area contributed by atoms with E-state index in [1.807, 2.05) is 13.0 Å². The van der Waals surface area contributed by atoms with Crippen molar-refractivity contribution in [3.63, 3.8) is 0 Å². The number of oxazole rings is 1. The number of amides is 1. The number of hydrogen-bond donors (Lipinski definition) is 1. The Hall–Kier alpha value is -2.37. The predicted octanol–water partition coefficient (Wildman–Crippen LogP) is 3.40. The summed E-state index contributed by atoms with van der Waals surface area (Å²) in [7, 11) is 0. The lowest BCUT2D eigenvalue weighted by atomic mass is 10.0. The van der Waals surface area contributed by atoms with Crippen LogP contribution >= 0.6 is 0 Å². The van der Waals surface area contributed by atoms with Crippen molar-refractivity contribution in [2.24, 2.45) is 0 Å². The molecule has 2 aromatic rings. The molecule has 6 heteroatoms. The Morgan fingerprint density at radius 1 is 1.36 bits per heavy atom. The Morgan fingerprint density at radius 2 is 2.20 bits per heavy atom. The van der Waals surface area contributed by atoms with Crippen molar-refractivity contribution in [2.45, 2.75) is 44.6 Å². The van der Waals surface area contributed by atoms with Gasteiger partial charge in [0.15, 0.2) is 5.89 Å². The van der Waals surface area contributed by atoms with Crippen LogP contribution in [-0.2, 0) is 0 Å². The minimum atomic E-state index is -0.242. The fourth-order valence-corrected chi connectivity index (χ4v) is 3.39. The van der Waals surface area contributed by atoms with Crippen LogP contribution in [0.2, 0.25) is 0 Å². The third kappa shape index (κ3) is 3.52. The number of carbonyl (C=O) groups is 1. The number of aryl methyl sites for hydroxylation is 1. The smallest absolute Gasteiger partial charge is 0.289 e. The van der Waals surface area contributed by atoms with Crippen molar-refractivity contribution in [3.05, 3.63) is 47.4 Å². The van der Waals surface area contributed by atoms with E-state index in [1.165, 1.54) is 12.1 Å². The molecule has 1 saturated carbocycles. The SMILES string of the molecule is Cc1nc(C2CC2)oc1C(=O)N[C@H]1CCCN(c2cccc(F)c2)C1. The van der Waals surface area contributed by atoms with Gasteiger partial charge in [-0.15, -0.1) is 0 Å². The number of benzene rings is 1. The second kappa shape index (κ2) is 6.50. The standard InChI is InChI=1S/C19H22FN3O2/c1-12-17(25-19(21-12)13-7-8-13)18(24)22-15-5-3-9-23(11-15)16-6-2-4-14(20)10-16/h2,4,6,10,13,15H,3,5,7-9,11H2,1H3,(H,22,24)/t15-/m0/s1. The number of carbonyl (C=O) groups excluding carboxylic acids is 1. The molecule has 1 aliphatic carbocycles. The zero-order chi connectivity index (χ0) is 17.4. The highest BCUT2D eigenvalue weighted by molar-refractivity contribution is 5.92. The molecule has 25 heavy (non-hydrogen) atoms. The first-order chi connectivity index (χ1) is 12.1. The molecule has 2 fully saturated rings. The van der Waals surface area contributed by atoms with E-state index in [0.29, 0.717) is 29.8 Å². The Kier molecular flexibility index (Phi) is 4.19. The molecular formula is C19H22FN3O2. The van der Waals surface area contributed by atoms with E-state index in [1.54, 1.807) is 6.07 Å². The maximum absolute atomic E-state index is 13.5. The van der Waals surface area contributed by atoms with Gasteiger partial charge in [-0.05, 0) is 50.8 Å². The molecule has 0 bridgehead atoms.